The van der Waals surface area contributed by atoms with Gasteiger partial charge >= 0.3 is 24.2 Å². The van der Waals surface area contributed by atoms with E-state index < -0.39 is 36.5 Å². The maximum Gasteiger partial charge on any atom is 0.509 e. The van der Waals surface area contributed by atoms with Gasteiger partial charge < -0.3 is 33.2 Å². The summed E-state index contributed by atoms with van der Waals surface area (Å²) in [7, 11) is 0. The molecule has 0 rings (SSSR count). The van der Waals surface area contributed by atoms with Crippen LogP contribution in [0.3, 0.4) is 0 Å². The first-order valence-electron chi connectivity index (χ1n) is 10.1. The lowest BCUT2D eigenvalue weighted by molar-refractivity contribution is -0.155. The number of rotatable bonds is 14. The van der Waals surface area contributed by atoms with Gasteiger partial charge in [0.05, 0.1) is 26.4 Å². The fourth-order valence-corrected chi connectivity index (χ4v) is 1.66. The van der Waals surface area contributed by atoms with Crippen LogP contribution in [0, 0.1) is 11.8 Å². The van der Waals surface area contributed by atoms with Gasteiger partial charge in [0.15, 0.2) is 12.2 Å². The number of carbonyl (C=O) groups is 4. The molecule has 0 saturated carbocycles. The van der Waals surface area contributed by atoms with E-state index in [-0.39, 0.29) is 51.5 Å². The lowest BCUT2D eigenvalue weighted by atomic mass is 10.2. The Hall–Kier alpha value is -2.56. The van der Waals surface area contributed by atoms with E-state index in [1.165, 1.54) is 13.8 Å². The molecule has 0 aromatic rings. The Morgan fingerprint density at radius 1 is 0.548 bits per heavy atom. The molecule has 0 bridgehead atoms. The smallest absolute Gasteiger partial charge is 0.463 e. The molecule has 0 saturated heterocycles. The summed E-state index contributed by atoms with van der Waals surface area (Å²) in [6.45, 7) is 10.5. The standard InChI is InChI=1S/C20H34O11/c1-13(2)11-28-17(21)15(5)30-19(23)26-9-7-25-8-10-27-20(24)31-16(6)18(22)29-12-14(3)4/h13-16H,7-12H2,1-6H3/t15-,16-/m1/s1. The van der Waals surface area contributed by atoms with Crippen LogP contribution in [0.5, 0.6) is 0 Å². The van der Waals surface area contributed by atoms with Gasteiger partial charge in [-0.15, -0.1) is 0 Å². The van der Waals surface area contributed by atoms with E-state index in [2.05, 4.69) is 0 Å². The zero-order valence-corrected chi connectivity index (χ0v) is 19.0. The molecule has 0 unspecified atom stereocenters. The lowest BCUT2D eigenvalue weighted by Gasteiger charge is -2.14. The SMILES string of the molecule is CC(C)COC(=O)[C@@H](C)OC(=O)OCCOCCOC(=O)O[C@H](C)C(=O)OCC(C)C. The molecule has 11 heteroatoms. The summed E-state index contributed by atoms with van der Waals surface area (Å²) in [6.07, 6.45) is -4.24. The van der Waals surface area contributed by atoms with Gasteiger partial charge in [-0.25, -0.2) is 19.2 Å². The summed E-state index contributed by atoms with van der Waals surface area (Å²) >= 11 is 0. The van der Waals surface area contributed by atoms with Crippen molar-refractivity contribution in [2.24, 2.45) is 11.8 Å². The predicted molar refractivity (Wildman–Crippen MR) is 106 cm³/mol. The molecule has 0 N–H and O–H groups in total. The maximum absolute atomic E-state index is 11.6. The number of hydrogen-bond acceptors (Lipinski definition) is 11. The van der Waals surface area contributed by atoms with Crippen molar-refractivity contribution in [1.82, 2.24) is 0 Å². The van der Waals surface area contributed by atoms with Crippen LogP contribution in [-0.2, 0) is 42.7 Å². The first-order valence-corrected chi connectivity index (χ1v) is 10.1. The Labute approximate surface area is 182 Å². The molecule has 0 spiro atoms. The largest absolute Gasteiger partial charge is 0.509 e. The van der Waals surface area contributed by atoms with Crippen molar-refractivity contribution in [2.45, 2.75) is 53.8 Å². The fourth-order valence-electron chi connectivity index (χ4n) is 1.66. The first kappa shape index (κ1) is 28.4. The molecule has 0 radical (unpaired) electrons. The quantitative estimate of drug-likeness (QED) is 0.219. The lowest BCUT2D eigenvalue weighted by Crippen LogP contribution is -2.28. The molecule has 2 atom stereocenters. The molecule has 31 heavy (non-hydrogen) atoms. The maximum atomic E-state index is 11.6. The van der Waals surface area contributed by atoms with Crippen LogP contribution in [-0.4, -0.2) is 76.1 Å². The molecule has 11 nitrogen and oxygen atoms in total. The van der Waals surface area contributed by atoms with E-state index >= 15 is 0 Å². The highest BCUT2D eigenvalue weighted by atomic mass is 16.7. The zero-order valence-electron chi connectivity index (χ0n) is 19.0. The number of hydrogen-bond donors (Lipinski definition) is 0. The van der Waals surface area contributed by atoms with Crippen LogP contribution in [0.2, 0.25) is 0 Å². The third-order valence-electron chi connectivity index (χ3n) is 3.22. The normalized spacial score (nSPS) is 12.6. The summed E-state index contributed by atoms with van der Waals surface area (Å²) in [5.41, 5.74) is 0. The van der Waals surface area contributed by atoms with Crippen molar-refractivity contribution < 1.29 is 52.3 Å². The number of esters is 2. The van der Waals surface area contributed by atoms with Crippen molar-refractivity contribution >= 4 is 24.2 Å². The molecular formula is C20H34O11. The van der Waals surface area contributed by atoms with Gasteiger partial charge in [-0.3, -0.25) is 0 Å². The molecule has 0 aromatic heterocycles. The summed E-state index contributed by atoms with van der Waals surface area (Å²) in [6, 6.07) is 0. The second-order valence-electron chi connectivity index (χ2n) is 7.38. The van der Waals surface area contributed by atoms with Gasteiger partial charge in [0, 0.05) is 0 Å². The molecule has 0 amide bonds. The third kappa shape index (κ3) is 15.9. The topological polar surface area (TPSA) is 133 Å². The molecule has 0 heterocycles. The van der Waals surface area contributed by atoms with Crippen LogP contribution in [0.1, 0.15) is 41.5 Å². The van der Waals surface area contributed by atoms with E-state index in [1.807, 2.05) is 27.7 Å². The van der Waals surface area contributed by atoms with E-state index in [9.17, 15) is 19.2 Å². The van der Waals surface area contributed by atoms with Crippen LogP contribution in [0.25, 0.3) is 0 Å². The fraction of sp³-hybridized carbons (Fsp3) is 0.800. The molecule has 180 valence electrons. The van der Waals surface area contributed by atoms with Gasteiger partial charge in [-0.1, -0.05) is 27.7 Å². The zero-order chi connectivity index (χ0) is 23.8. The average Bonchev–Trinajstić information content (AvgIpc) is 2.68. The summed E-state index contributed by atoms with van der Waals surface area (Å²) in [5.74, 6) is -0.983. The van der Waals surface area contributed by atoms with E-state index in [4.69, 9.17) is 33.2 Å². The van der Waals surface area contributed by atoms with Gasteiger partial charge in [0.25, 0.3) is 0 Å². The monoisotopic (exact) mass is 450 g/mol. The average molecular weight is 450 g/mol. The summed E-state index contributed by atoms with van der Waals surface area (Å²) in [4.78, 5) is 46.2. The first-order chi connectivity index (χ1) is 14.5. The van der Waals surface area contributed by atoms with Crippen LogP contribution in [0.4, 0.5) is 9.59 Å². The van der Waals surface area contributed by atoms with Crippen molar-refractivity contribution in [1.29, 1.82) is 0 Å². The van der Waals surface area contributed by atoms with Gasteiger partial charge in [0.2, 0.25) is 0 Å². The van der Waals surface area contributed by atoms with E-state index in [0.717, 1.165) is 0 Å². The van der Waals surface area contributed by atoms with E-state index in [1.54, 1.807) is 0 Å². The molecule has 0 fully saturated rings. The predicted octanol–water partition coefficient (Wildman–Crippen LogP) is 2.48. The molecule has 0 aliphatic carbocycles. The number of carbonyl (C=O) groups excluding carboxylic acids is 4. The Morgan fingerprint density at radius 2 is 0.903 bits per heavy atom. The minimum Gasteiger partial charge on any atom is -0.463 e. The molecule has 0 aromatic carbocycles. The number of ether oxygens (including phenoxy) is 7. The van der Waals surface area contributed by atoms with Crippen molar-refractivity contribution in [3.8, 4) is 0 Å². The van der Waals surface area contributed by atoms with E-state index in [0.29, 0.717) is 0 Å². The molecular weight excluding hydrogens is 416 g/mol. The van der Waals surface area contributed by atoms with Crippen molar-refractivity contribution in [2.75, 3.05) is 39.6 Å². The highest BCUT2D eigenvalue weighted by Crippen LogP contribution is 2.02. The van der Waals surface area contributed by atoms with Crippen LogP contribution in [0.15, 0.2) is 0 Å². The second-order valence-corrected chi connectivity index (χ2v) is 7.38. The molecule has 0 aliphatic heterocycles. The van der Waals surface area contributed by atoms with Crippen molar-refractivity contribution in [3.05, 3.63) is 0 Å². The Balaban J connectivity index is 3.77. The second kappa shape index (κ2) is 16.2. The van der Waals surface area contributed by atoms with Gasteiger partial charge in [-0.05, 0) is 25.7 Å². The van der Waals surface area contributed by atoms with Gasteiger partial charge in [-0.2, -0.15) is 0 Å². The highest BCUT2D eigenvalue weighted by molar-refractivity contribution is 5.77. The summed E-state index contributed by atoms with van der Waals surface area (Å²) < 4.78 is 34.1. The Morgan fingerprint density at radius 3 is 1.23 bits per heavy atom. The molecule has 0 aliphatic rings. The minimum atomic E-state index is -1.09. The van der Waals surface area contributed by atoms with Crippen LogP contribution >= 0.6 is 0 Å². The third-order valence-corrected chi connectivity index (χ3v) is 3.22. The van der Waals surface area contributed by atoms with Gasteiger partial charge in [0.1, 0.15) is 13.2 Å². The van der Waals surface area contributed by atoms with Crippen molar-refractivity contribution in [3.63, 3.8) is 0 Å². The summed E-state index contributed by atoms with van der Waals surface area (Å²) in [5, 5.41) is 0. The Bertz CT molecular complexity index is 511. The Kier molecular flexibility index (Phi) is 14.8. The minimum absolute atomic E-state index is 0.0115. The highest BCUT2D eigenvalue weighted by Gasteiger charge is 2.21. The van der Waals surface area contributed by atoms with Crippen LogP contribution < -0.4 is 0 Å².